The van der Waals surface area contributed by atoms with Gasteiger partial charge in [-0.05, 0) is 37.1 Å². The maximum absolute atomic E-state index is 14.9. The second-order valence-corrected chi connectivity index (χ2v) is 7.41. The molecule has 1 amide bonds. The fraction of sp³-hybridized carbons (Fsp3) is 0.286. The number of phenols is 1. The molecule has 0 aliphatic carbocycles. The van der Waals surface area contributed by atoms with Gasteiger partial charge in [-0.1, -0.05) is 0 Å². The summed E-state index contributed by atoms with van der Waals surface area (Å²) in [7, 11) is 1.20. The number of halogens is 4. The van der Waals surface area contributed by atoms with Crippen molar-refractivity contribution in [2.24, 2.45) is 0 Å². The Labute approximate surface area is 184 Å². The zero-order valence-electron chi connectivity index (χ0n) is 17.2. The third kappa shape index (κ3) is 4.15. The summed E-state index contributed by atoms with van der Waals surface area (Å²) in [6, 6.07) is 4.02. The van der Waals surface area contributed by atoms with Gasteiger partial charge in [-0.25, -0.2) is 9.18 Å². The highest BCUT2D eigenvalue weighted by Crippen LogP contribution is 2.35. The van der Waals surface area contributed by atoms with Crippen molar-refractivity contribution in [3.05, 3.63) is 63.6 Å². The van der Waals surface area contributed by atoms with E-state index in [0.717, 1.165) is 35.7 Å². The number of ether oxygens (including phenoxy) is 1. The molecule has 4 rings (SSSR count). The lowest BCUT2D eigenvalue weighted by atomic mass is 10.1. The molecule has 174 valence electrons. The van der Waals surface area contributed by atoms with E-state index in [1.165, 1.54) is 11.7 Å². The Kier molecular flexibility index (Phi) is 5.60. The SMILES string of the molecule is COc1ccc(C(F)(F)F)cc1NC(=O)c1cc(F)c(-n2nc3n(c2=O)CCCC3)cc1O. The average molecular weight is 466 g/mol. The normalized spacial score (nSPS) is 13.5. The molecule has 0 atom stereocenters. The van der Waals surface area contributed by atoms with E-state index in [1.54, 1.807) is 0 Å². The third-order valence-electron chi connectivity index (χ3n) is 5.28. The first-order valence-corrected chi connectivity index (χ1v) is 9.88. The third-order valence-corrected chi connectivity index (χ3v) is 5.28. The second-order valence-electron chi connectivity index (χ2n) is 7.41. The summed E-state index contributed by atoms with van der Waals surface area (Å²) in [5.74, 6) is -2.36. The Morgan fingerprint density at radius 2 is 1.97 bits per heavy atom. The number of hydrogen-bond acceptors (Lipinski definition) is 5. The Bertz CT molecular complexity index is 1300. The Hall–Kier alpha value is -3.83. The van der Waals surface area contributed by atoms with E-state index in [4.69, 9.17) is 4.74 Å². The molecule has 33 heavy (non-hydrogen) atoms. The highest BCUT2D eigenvalue weighted by Gasteiger charge is 2.31. The minimum absolute atomic E-state index is 0.0666. The van der Waals surface area contributed by atoms with E-state index in [9.17, 15) is 32.3 Å². The molecule has 0 radical (unpaired) electrons. The summed E-state index contributed by atoms with van der Waals surface area (Å²) in [6.07, 6.45) is -2.50. The molecule has 0 fully saturated rings. The van der Waals surface area contributed by atoms with Gasteiger partial charge < -0.3 is 15.2 Å². The van der Waals surface area contributed by atoms with Gasteiger partial charge in [0.1, 0.15) is 28.8 Å². The van der Waals surface area contributed by atoms with Crippen LogP contribution in [0.15, 0.2) is 35.1 Å². The van der Waals surface area contributed by atoms with Crippen LogP contribution < -0.4 is 15.7 Å². The number of alkyl halides is 3. The van der Waals surface area contributed by atoms with Crippen molar-refractivity contribution in [3.63, 3.8) is 0 Å². The van der Waals surface area contributed by atoms with E-state index in [2.05, 4.69) is 10.4 Å². The lowest BCUT2D eigenvalue weighted by molar-refractivity contribution is -0.137. The smallest absolute Gasteiger partial charge is 0.416 e. The summed E-state index contributed by atoms with van der Waals surface area (Å²) in [5, 5.41) is 16.6. The molecule has 0 spiro atoms. The maximum Gasteiger partial charge on any atom is 0.416 e. The Morgan fingerprint density at radius 3 is 2.64 bits per heavy atom. The number of rotatable bonds is 4. The molecule has 0 unspecified atom stereocenters. The molecule has 0 bridgehead atoms. The first kappa shape index (κ1) is 22.4. The fourth-order valence-corrected chi connectivity index (χ4v) is 3.62. The van der Waals surface area contributed by atoms with Crippen LogP contribution in [0, 0.1) is 5.82 Å². The first-order chi connectivity index (χ1) is 15.6. The zero-order valence-corrected chi connectivity index (χ0v) is 17.2. The van der Waals surface area contributed by atoms with Gasteiger partial charge in [0.25, 0.3) is 5.91 Å². The molecule has 0 saturated heterocycles. The van der Waals surface area contributed by atoms with Crippen molar-refractivity contribution >= 4 is 11.6 Å². The second kappa shape index (κ2) is 8.26. The van der Waals surface area contributed by atoms with Crippen molar-refractivity contribution in [3.8, 4) is 17.2 Å². The summed E-state index contributed by atoms with van der Waals surface area (Å²) in [6.45, 7) is 0.446. The van der Waals surface area contributed by atoms with Crippen LogP contribution in [0.2, 0.25) is 0 Å². The number of nitrogens with one attached hydrogen (secondary N) is 1. The summed E-state index contributed by atoms with van der Waals surface area (Å²) < 4.78 is 61.1. The van der Waals surface area contributed by atoms with Gasteiger partial charge in [0.15, 0.2) is 0 Å². The molecular formula is C21H18F4N4O4. The molecule has 3 aromatic rings. The molecule has 1 aliphatic rings. The predicted octanol–water partition coefficient (Wildman–Crippen LogP) is 3.49. The lowest BCUT2D eigenvalue weighted by Crippen LogP contribution is -2.26. The number of aromatic hydroxyl groups is 1. The number of hydrogen-bond donors (Lipinski definition) is 2. The molecular weight excluding hydrogens is 448 g/mol. The van der Waals surface area contributed by atoms with Gasteiger partial charge in [-0.15, -0.1) is 5.10 Å². The van der Waals surface area contributed by atoms with E-state index < -0.39 is 40.5 Å². The number of carbonyl (C=O) groups is 1. The van der Waals surface area contributed by atoms with E-state index in [-0.39, 0.29) is 17.1 Å². The average Bonchev–Trinajstić information content (AvgIpc) is 3.10. The number of benzene rings is 2. The Morgan fingerprint density at radius 1 is 1.21 bits per heavy atom. The van der Waals surface area contributed by atoms with Crippen LogP contribution in [0.1, 0.15) is 34.6 Å². The minimum atomic E-state index is -4.67. The Balaban J connectivity index is 1.68. The van der Waals surface area contributed by atoms with Gasteiger partial charge >= 0.3 is 11.9 Å². The fourth-order valence-electron chi connectivity index (χ4n) is 3.62. The topological polar surface area (TPSA) is 98.4 Å². The molecule has 2 N–H and O–H groups in total. The van der Waals surface area contributed by atoms with Crippen LogP contribution in [0.3, 0.4) is 0 Å². The van der Waals surface area contributed by atoms with E-state index in [0.29, 0.717) is 30.9 Å². The minimum Gasteiger partial charge on any atom is -0.507 e. The quantitative estimate of drug-likeness (QED) is 0.574. The van der Waals surface area contributed by atoms with Crippen LogP contribution in [0.25, 0.3) is 5.69 Å². The number of amides is 1. The van der Waals surface area contributed by atoms with Crippen LogP contribution in [-0.2, 0) is 19.1 Å². The van der Waals surface area contributed by atoms with Crippen molar-refractivity contribution < 1.29 is 32.2 Å². The molecule has 1 aliphatic heterocycles. The predicted molar refractivity (Wildman–Crippen MR) is 108 cm³/mol. The van der Waals surface area contributed by atoms with Gasteiger partial charge in [0.05, 0.1) is 23.9 Å². The van der Waals surface area contributed by atoms with Crippen molar-refractivity contribution in [2.75, 3.05) is 12.4 Å². The van der Waals surface area contributed by atoms with Crippen LogP contribution in [0.5, 0.6) is 11.5 Å². The molecule has 1 aromatic heterocycles. The molecule has 8 nitrogen and oxygen atoms in total. The number of methoxy groups -OCH3 is 1. The summed E-state index contributed by atoms with van der Waals surface area (Å²) >= 11 is 0. The molecule has 0 saturated carbocycles. The van der Waals surface area contributed by atoms with Gasteiger partial charge in [0.2, 0.25) is 0 Å². The monoisotopic (exact) mass is 466 g/mol. The number of carbonyl (C=O) groups excluding carboxylic acids is 1. The first-order valence-electron chi connectivity index (χ1n) is 9.88. The van der Waals surface area contributed by atoms with Crippen molar-refractivity contribution in [1.29, 1.82) is 0 Å². The highest BCUT2D eigenvalue weighted by molar-refractivity contribution is 6.07. The molecule has 12 heteroatoms. The largest absolute Gasteiger partial charge is 0.507 e. The standard InChI is InChI=1S/C21H18F4N4O4/c1-33-17-6-5-11(21(23,24)25)8-14(17)26-19(31)12-9-13(22)15(10-16(12)30)29-20(32)28-7-3-2-4-18(28)27-29/h5-6,8-10,30H,2-4,7H2,1H3,(H,26,31). The number of fused-ring (bicyclic) bond motifs is 1. The van der Waals surface area contributed by atoms with Crippen molar-refractivity contribution in [2.45, 2.75) is 32.0 Å². The van der Waals surface area contributed by atoms with E-state index in [1.807, 2.05) is 0 Å². The van der Waals surface area contributed by atoms with Gasteiger partial charge in [-0.3, -0.25) is 9.36 Å². The zero-order chi connectivity index (χ0) is 23.9. The van der Waals surface area contributed by atoms with Crippen LogP contribution >= 0.6 is 0 Å². The van der Waals surface area contributed by atoms with Gasteiger partial charge in [0, 0.05) is 19.0 Å². The number of phenolic OH excluding ortho intramolecular Hbond substituents is 1. The van der Waals surface area contributed by atoms with Gasteiger partial charge in [-0.2, -0.15) is 17.9 Å². The molecule has 2 heterocycles. The summed E-state index contributed by atoms with van der Waals surface area (Å²) in [4.78, 5) is 25.2. The summed E-state index contributed by atoms with van der Waals surface area (Å²) in [5.41, 5.74) is -2.83. The molecule has 2 aromatic carbocycles. The van der Waals surface area contributed by atoms with Crippen LogP contribution in [0.4, 0.5) is 23.2 Å². The van der Waals surface area contributed by atoms with Crippen LogP contribution in [-0.4, -0.2) is 32.5 Å². The number of nitrogens with zero attached hydrogens (tertiary/aromatic N) is 3. The number of anilines is 1. The number of aromatic nitrogens is 3. The number of aryl methyl sites for hydroxylation is 1. The maximum atomic E-state index is 14.9. The van der Waals surface area contributed by atoms with Crippen molar-refractivity contribution in [1.82, 2.24) is 14.3 Å². The lowest BCUT2D eigenvalue weighted by Gasteiger charge is -2.14. The highest BCUT2D eigenvalue weighted by atomic mass is 19.4. The van der Waals surface area contributed by atoms with E-state index >= 15 is 0 Å².